The van der Waals surface area contributed by atoms with E-state index in [9.17, 15) is 4.39 Å². The van der Waals surface area contributed by atoms with E-state index in [1.54, 1.807) is 12.1 Å². The molecule has 0 bridgehead atoms. The lowest BCUT2D eigenvalue weighted by Gasteiger charge is -2.17. The van der Waals surface area contributed by atoms with E-state index in [4.69, 9.17) is 5.73 Å². The molecule has 0 spiro atoms. The minimum absolute atomic E-state index is 0.0120. The lowest BCUT2D eigenvalue weighted by atomic mass is 10.1. The molecule has 0 radical (unpaired) electrons. The second kappa shape index (κ2) is 6.00. The molecule has 1 aromatic carbocycles. The van der Waals surface area contributed by atoms with Gasteiger partial charge in [0.05, 0.1) is 0 Å². The molecule has 0 aliphatic carbocycles. The summed E-state index contributed by atoms with van der Waals surface area (Å²) in [5, 5.41) is 3.20. The molecule has 4 heteroatoms. The molecule has 15 heavy (non-hydrogen) atoms. The largest absolute Gasteiger partial charge is 0.329 e. The topological polar surface area (TPSA) is 38.0 Å². The molecule has 0 saturated carbocycles. The van der Waals surface area contributed by atoms with Crippen LogP contribution in [0.1, 0.15) is 11.6 Å². The molecule has 2 nitrogen and oxygen atoms in total. The lowest BCUT2D eigenvalue weighted by molar-refractivity contribution is 0.571. The Kier molecular flexibility index (Phi) is 4.94. The molecule has 0 aliphatic rings. The highest BCUT2D eigenvalue weighted by Gasteiger charge is 2.11. The van der Waals surface area contributed by atoms with Gasteiger partial charge in [0.25, 0.3) is 0 Å². The first-order valence-electron chi connectivity index (χ1n) is 4.68. The minimum Gasteiger partial charge on any atom is -0.329 e. The van der Waals surface area contributed by atoms with Crippen molar-refractivity contribution in [1.29, 1.82) is 0 Å². The van der Waals surface area contributed by atoms with E-state index in [0.29, 0.717) is 13.1 Å². The molecule has 0 saturated heterocycles. The Balaban J connectivity index is 2.86. The third kappa shape index (κ3) is 3.41. The highest BCUT2D eigenvalue weighted by Crippen LogP contribution is 2.23. The summed E-state index contributed by atoms with van der Waals surface area (Å²) in [6.07, 6.45) is 1.76. The van der Waals surface area contributed by atoms with Crippen molar-refractivity contribution in [3.63, 3.8) is 0 Å². The van der Waals surface area contributed by atoms with Crippen LogP contribution in [0.15, 0.2) is 35.3 Å². The second-order valence-corrected chi connectivity index (χ2v) is 4.01. The zero-order chi connectivity index (χ0) is 11.3. The summed E-state index contributed by atoms with van der Waals surface area (Å²) in [6, 6.07) is 4.61. The second-order valence-electron chi connectivity index (χ2n) is 3.15. The van der Waals surface area contributed by atoms with E-state index in [1.165, 1.54) is 12.1 Å². The van der Waals surface area contributed by atoms with Crippen LogP contribution in [0.4, 0.5) is 4.39 Å². The molecule has 0 aliphatic heterocycles. The monoisotopic (exact) mass is 272 g/mol. The Morgan fingerprint density at radius 3 is 2.87 bits per heavy atom. The van der Waals surface area contributed by atoms with Crippen molar-refractivity contribution in [1.82, 2.24) is 5.32 Å². The molecule has 0 amide bonds. The fourth-order valence-corrected chi connectivity index (χ4v) is 1.96. The standard InChI is InChI=1S/C11H14BrFN2/c1-2-5-15-11(7-14)9-4-3-8(13)6-10(9)12/h2-4,6,11,15H,1,5,7,14H2. The molecule has 1 atom stereocenters. The van der Waals surface area contributed by atoms with Crippen LogP contribution in [-0.4, -0.2) is 13.1 Å². The summed E-state index contributed by atoms with van der Waals surface area (Å²) < 4.78 is 13.6. The van der Waals surface area contributed by atoms with E-state index >= 15 is 0 Å². The number of halogens is 2. The van der Waals surface area contributed by atoms with Crippen LogP contribution in [0.3, 0.4) is 0 Å². The third-order valence-electron chi connectivity index (χ3n) is 2.08. The highest BCUT2D eigenvalue weighted by atomic mass is 79.9. The van der Waals surface area contributed by atoms with E-state index < -0.39 is 0 Å². The minimum atomic E-state index is -0.259. The van der Waals surface area contributed by atoms with Crippen molar-refractivity contribution in [2.75, 3.05) is 13.1 Å². The van der Waals surface area contributed by atoms with Gasteiger partial charge in [0, 0.05) is 23.6 Å². The van der Waals surface area contributed by atoms with E-state index in [1.807, 2.05) is 0 Å². The zero-order valence-electron chi connectivity index (χ0n) is 8.34. The van der Waals surface area contributed by atoms with E-state index in [-0.39, 0.29) is 11.9 Å². The molecule has 0 fully saturated rings. The van der Waals surface area contributed by atoms with Crippen LogP contribution < -0.4 is 11.1 Å². The van der Waals surface area contributed by atoms with Crippen molar-refractivity contribution < 1.29 is 4.39 Å². The molecule has 3 N–H and O–H groups in total. The van der Waals surface area contributed by atoms with Crippen molar-refractivity contribution in [3.05, 3.63) is 46.7 Å². The number of hydrogen-bond acceptors (Lipinski definition) is 2. The van der Waals surface area contributed by atoms with Gasteiger partial charge in [0.1, 0.15) is 5.82 Å². The molecule has 0 heterocycles. The van der Waals surface area contributed by atoms with Crippen LogP contribution in [0.25, 0.3) is 0 Å². The summed E-state index contributed by atoms with van der Waals surface area (Å²) in [6.45, 7) is 4.75. The van der Waals surface area contributed by atoms with Crippen LogP contribution in [0, 0.1) is 5.82 Å². The number of nitrogens with two attached hydrogens (primary N) is 1. The number of hydrogen-bond donors (Lipinski definition) is 2. The summed E-state index contributed by atoms with van der Waals surface area (Å²) in [5.41, 5.74) is 6.60. The van der Waals surface area contributed by atoms with Crippen molar-refractivity contribution in [2.45, 2.75) is 6.04 Å². The maximum absolute atomic E-state index is 12.9. The Hall–Kier alpha value is -0.710. The Morgan fingerprint density at radius 2 is 2.33 bits per heavy atom. The van der Waals surface area contributed by atoms with Gasteiger partial charge in [-0.25, -0.2) is 4.39 Å². The van der Waals surface area contributed by atoms with Crippen LogP contribution >= 0.6 is 15.9 Å². The first-order chi connectivity index (χ1) is 7.19. The zero-order valence-corrected chi connectivity index (χ0v) is 9.93. The van der Waals surface area contributed by atoms with Gasteiger partial charge in [-0.1, -0.05) is 28.1 Å². The van der Waals surface area contributed by atoms with Crippen LogP contribution in [0.5, 0.6) is 0 Å². The van der Waals surface area contributed by atoms with Crippen molar-refractivity contribution in [3.8, 4) is 0 Å². The molecule has 1 rings (SSSR count). The molecule has 0 aromatic heterocycles. The highest BCUT2D eigenvalue weighted by molar-refractivity contribution is 9.10. The summed E-state index contributed by atoms with van der Waals surface area (Å²) in [7, 11) is 0. The predicted molar refractivity (Wildman–Crippen MR) is 64.1 cm³/mol. The molecule has 82 valence electrons. The van der Waals surface area contributed by atoms with Crippen LogP contribution in [-0.2, 0) is 0 Å². The van der Waals surface area contributed by atoms with Gasteiger partial charge >= 0.3 is 0 Å². The molecule has 1 aromatic rings. The SMILES string of the molecule is C=CCNC(CN)c1ccc(F)cc1Br. The average molecular weight is 273 g/mol. The number of benzene rings is 1. The smallest absolute Gasteiger partial charge is 0.124 e. The Labute approximate surface area is 97.5 Å². The van der Waals surface area contributed by atoms with Gasteiger partial charge in [-0.05, 0) is 17.7 Å². The quantitative estimate of drug-likeness (QED) is 0.808. The lowest BCUT2D eigenvalue weighted by Crippen LogP contribution is -2.28. The Morgan fingerprint density at radius 1 is 1.60 bits per heavy atom. The van der Waals surface area contributed by atoms with Gasteiger partial charge in [0.15, 0.2) is 0 Å². The molecular weight excluding hydrogens is 259 g/mol. The Bertz CT molecular complexity index is 341. The van der Waals surface area contributed by atoms with Gasteiger partial charge in [-0.2, -0.15) is 0 Å². The van der Waals surface area contributed by atoms with Gasteiger partial charge in [-0.3, -0.25) is 0 Å². The third-order valence-corrected chi connectivity index (χ3v) is 2.77. The van der Waals surface area contributed by atoms with Crippen LogP contribution in [0.2, 0.25) is 0 Å². The van der Waals surface area contributed by atoms with Gasteiger partial charge in [0.2, 0.25) is 0 Å². The summed E-state index contributed by atoms with van der Waals surface area (Å²) in [5.74, 6) is -0.259. The first kappa shape index (κ1) is 12.4. The van der Waals surface area contributed by atoms with Crippen molar-refractivity contribution >= 4 is 15.9 Å². The molecule has 1 unspecified atom stereocenters. The van der Waals surface area contributed by atoms with E-state index in [2.05, 4.69) is 27.8 Å². The summed E-state index contributed by atoms with van der Waals surface area (Å²) in [4.78, 5) is 0. The van der Waals surface area contributed by atoms with Gasteiger partial charge in [-0.15, -0.1) is 6.58 Å². The number of rotatable bonds is 5. The summed E-state index contributed by atoms with van der Waals surface area (Å²) >= 11 is 3.32. The predicted octanol–water partition coefficient (Wildman–Crippen LogP) is 2.36. The van der Waals surface area contributed by atoms with Crippen molar-refractivity contribution in [2.24, 2.45) is 5.73 Å². The van der Waals surface area contributed by atoms with E-state index in [0.717, 1.165) is 10.0 Å². The molecular formula is C11H14BrFN2. The number of nitrogens with one attached hydrogen (secondary N) is 1. The van der Waals surface area contributed by atoms with Gasteiger partial charge < -0.3 is 11.1 Å². The maximum Gasteiger partial charge on any atom is 0.124 e. The normalized spacial score (nSPS) is 12.5. The maximum atomic E-state index is 12.9. The fraction of sp³-hybridized carbons (Fsp3) is 0.273. The average Bonchev–Trinajstić information content (AvgIpc) is 2.21. The fourth-order valence-electron chi connectivity index (χ4n) is 1.33. The first-order valence-corrected chi connectivity index (χ1v) is 5.47.